The van der Waals surface area contributed by atoms with Crippen LogP contribution in [0.2, 0.25) is 0 Å². The smallest absolute Gasteiger partial charge is 0.150 e. The Morgan fingerprint density at radius 1 is 1.58 bits per heavy atom. The van der Waals surface area contributed by atoms with Crippen molar-refractivity contribution in [1.82, 2.24) is 0 Å². The standard InChI is InChI=1S/C7H5BrClFOS/c8-4-5-1-2-7(12(9)11)6(10)3-5/h1-3H,4H2. The van der Waals surface area contributed by atoms with Gasteiger partial charge in [-0.05, 0) is 28.4 Å². The fourth-order valence-electron chi connectivity index (χ4n) is 0.758. The Labute approximate surface area is 85.0 Å². The molecule has 0 aromatic heterocycles. The van der Waals surface area contributed by atoms with Crippen molar-refractivity contribution in [3.8, 4) is 0 Å². The van der Waals surface area contributed by atoms with Crippen molar-refractivity contribution in [2.75, 3.05) is 0 Å². The number of hydrogen-bond acceptors (Lipinski definition) is 1. The predicted molar refractivity (Wildman–Crippen MR) is 51.3 cm³/mol. The van der Waals surface area contributed by atoms with Crippen LogP contribution in [0.25, 0.3) is 0 Å². The highest BCUT2D eigenvalue weighted by Crippen LogP contribution is 2.17. The van der Waals surface area contributed by atoms with E-state index in [0.29, 0.717) is 5.33 Å². The van der Waals surface area contributed by atoms with Crippen molar-refractivity contribution in [3.63, 3.8) is 0 Å². The summed E-state index contributed by atoms with van der Waals surface area (Å²) in [5.41, 5.74) is 0.790. The largest absolute Gasteiger partial charge is 0.237 e. The van der Waals surface area contributed by atoms with E-state index in [1.807, 2.05) is 0 Å². The number of rotatable bonds is 2. The molecule has 1 aromatic carbocycles. The summed E-state index contributed by atoms with van der Waals surface area (Å²) in [6.45, 7) is 0. The molecule has 5 heteroatoms. The van der Waals surface area contributed by atoms with E-state index in [1.165, 1.54) is 12.1 Å². The van der Waals surface area contributed by atoms with Crippen LogP contribution in [-0.2, 0) is 15.3 Å². The van der Waals surface area contributed by atoms with Gasteiger partial charge in [0.15, 0.2) is 10.0 Å². The third kappa shape index (κ3) is 2.28. The van der Waals surface area contributed by atoms with Gasteiger partial charge in [0.05, 0.1) is 4.90 Å². The van der Waals surface area contributed by atoms with E-state index >= 15 is 0 Å². The fraction of sp³-hybridized carbons (Fsp3) is 0.143. The van der Waals surface area contributed by atoms with E-state index in [2.05, 4.69) is 15.9 Å². The first-order chi connectivity index (χ1) is 5.65. The van der Waals surface area contributed by atoms with Gasteiger partial charge in [-0.2, -0.15) is 0 Å². The molecule has 12 heavy (non-hydrogen) atoms. The van der Waals surface area contributed by atoms with E-state index < -0.39 is 15.8 Å². The highest BCUT2D eigenvalue weighted by atomic mass is 79.9. The van der Waals surface area contributed by atoms with Gasteiger partial charge in [0.2, 0.25) is 0 Å². The Balaban J connectivity index is 3.12. The van der Waals surface area contributed by atoms with Crippen molar-refractivity contribution < 1.29 is 8.60 Å². The molecule has 0 aliphatic rings. The van der Waals surface area contributed by atoms with Gasteiger partial charge in [-0.25, -0.2) is 8.60 Å². The predicted octanol–water partition coefficient (Wildman–Crippen LogP) is 2.98. The molecule has 0 aliphatic heterocycles. The second-order valence-electron chi connectivity index (χ2n) is 2.12. The minimum atomic E-state index is -1.77. The van der Waals surface area contributed by atoms with Gasteiger partial charge in [-0.15, -0.1) is 0 Å². The maximum atomic E-state index is 13.0. The Morgan fingerprint density at radius 3 is 2.67 bits per heavy atom. The average Bonchev–Trinajstić information content (AvgIpc) is 2.03. The molecule has 0 heterocycles. The molecule has 0 spiro atoms. The lowest BCUT2D eigenvalue weighted by Crippen LogP contribution is -1.89. The van der Waals surface area contributed by atoms with E-state index in [1.54, 1.807) is 6.07 Å². The lowest BCUT2D eigenvalue weighted by molar-refractivity contribution is 0.595. The molecule has 0 amide bonds. The number of hydrogen-bond donors (Lipinski definition) is 0. The molecule has 0 bridgehead atoms. The number of alkyl halides is 1. The normalized spacial score (nSPS) is 12.9. The van der Waals surface area contributed by atoms with Crippen LogP contribution in [-0.4, -0.2) is 4.21 Å². The van der Waals surface area contributed by atoms with Gasteiger partial charge in [0, 0.05) is 5.33 Å². The van der Waals surface area contributed by atoms with Crippen molar-refractivity contribution in [2.45, 2.75) is 10.2 Å². The molecule has 1 unspecified atom stereocenters. The molecule has 0 aliphatic carbocycles. The average molecular weight is 272 g/mol. The Kier molecular flexibility index (Phi) is 3.68. The van der Waals surface area contributed by atoms with Crippen LogP contribution in [0, 0.1) is 5.82 Å². The maximum absolute atomic E-state index is 13.0. The summed E-state index contributed by atoms with van der Waals surface area (Å²) in [6, 6.07) is 4.41. The molecule has 1 atom stereocenters. The highest BCUT2D eigenvalue weighted by molar-refractivity contribution is 9.08. The fourth-order valence-corrected chi connectivity index (χ4v) is 1.87. The van der Waals surface area contributed by atoms with Crippen LogP contribution in [0.15, 0.2) is 23.1 Å². The SMILES string of the molecule is O=S(Cl)c1ccc(CBr)cc1F. The van der Waals surface area contributed by atoms with Crippen LogP contribution >= 0.6 is 26.6 Å². The summed E-state index contributed by atoms with van der Waals surface area (Å²) in [5.74, 6) is -0.528. The number of halogens is 3. The van der Waals surface area contributed by atoms with E-state index in [-0.39, 0.29) is 4.90 Å². The zero-order valence-electron chi connectivity index (χ0n) is 5.89. The first-order valence-electron chi connectivity index (χ1n) is 3.07. The molecule has 0 fully saturated rings. The van der Waals surface area contributed by atoms with Gasteiger partial charge in [0.1, 0.15) is 5.82 Å². The van der Waals surface area contributed by atoms with Gasteiger partial charge in [-0.3, -0.25) is 0 Å². The molecular weight excluding hydrogens is 266 g/mol. The molecular formula is C7H5BrClFOS. The zero-order valence-corrected chi connectivity index (χ0v) is 9.05. The maximum Gasteiger partial charge on any atom is 0.150 e. The zero-order chi connectivity index (χ0) is 9.14. The van der Waals surface area contributed by atoms with Gasteiger partial charge >= 0.3 is 0 Å². The summed E-state index contributed by atoms with van der Waals surface area (Å²) >= 11 is 3.18. The van der Waals surface area contributed by atoms with Crippen LogP contribution in [0.3, 0.4) is 0 Å². The molecule has 1 rings (SSSR count). The molecule has 1 nitrogen and oxygen atoms in total. The second kappa shape index (κ2) is 4.35. The quantitative estimate of drug-likeness (QED) is 0.597. The molecule has 0 radical (unpaired) electrons. The summed E-state index contributed by atoms with van der Waals surface area (Å²) in [7, 11) is 3.46. The lowest BCUT2D eigenvalue weighted by atomic mass is 10.2. The topological polar surface area (TPSA) is 17.1 Å². The van der Waals surface area contributed by atoms with E-state index in [4.69, 9.17) is 10.7 Å². The first-order valence-corrected chi connectivity index (χ1v) is 6.17. The third-order valence-corrected chi connectivity index (χ3v) is 3.15. The third-order valence-electron chi connectivity index (χ3n) is 1.32. The molecule has 0 N–H and O–H groups in total. The Morgan fingerprint density at radius 2 is 2.25 bits per heavy atom. The van der Waals surface area contributed by atoms with E-state index in [9.17, 15) is 8.60 Å². The molecule has 0 saturated heterocycles. The monoisotopic (exact) mass is 270 g/mol. The van der Waals surface area contributed by atoms with Gasteiger partial charge in [0.25, 0.3) is 0 Å². The van der Waals surface area contributed by atoms with Crippen molar-refractivity contribution >= 4 is 36.6 Å². The van der Waals surface area contributed by atoms with Crippen LogP contribution in [0.4, 0.5) is 4.39 Å². The molecule has 0 saturated carbocycles. The van der Waals surface area contributed by atoms with Crippen molar-refractivity contribution in [3.05, 3.63) is 29.6 Å². The lowest BCUT2D eigenvalue weighted by Gasteiger charge is -1.99. The number of benzene rings is 1. The van der Waals surface area contributed by atoms with Crippen molar-refractivity contribution in [1.29, 1.82) is 0 Å². The first kappa shape index (κ1) is 10.2. The Bertz CT molecular complexity index is 318. The van der Waals surface area contributed by atoms with Crippen LogP contribution < -0.4 is 0 Å². The summed E-state index contributed by atoms with van der Waals surface area (Å²) < 4.78 is 23.7. The minimum absolute atomic E-state index is 0.0290. The second-order valence-corrected chi connectivity index (χ2v) is 4.41. The van der Waals surface area contributed by atoms with E-state index in [0.717, 1.165) is 5.56 Å². The summed E-state index contributed by atoms with van der Waals surface area (Å²) in [6.07, 6.45) is 0. The Hall–Kier alpha value is 0.0700. The van der Waals surface area contributed by atoms with Gasteiger partial charge < -0.3 is 0 Å². The summed E-state index contributed by atoms with van der Waals surface area (Å²) in [5, 5.41) is 0.569. The van der Waals surface area contributed by atoms with Crippen LogP contribution in [0.5, 0.6) is 0 Å². The summed E-state index contributed by atoms with van der Waals surface area (Å²) in [4.78, 5) is 0.0290. The molecule has 1 aromatic rings. The van der Waals surface area contributed by atoms with Crippen molar-refractivity contribution in [2.24, 2.45) is 0 Å². The minimum Gasteiger partial charge on any atom is -0.237 e. The molecule has 66 valence electrons. The van der Waals surface area contributed by atoms with Gasteiger partial charge in [-0.1, -0.05) is 22.0 Å². The van der Waals surface area contributed by atoms with Crippen LogP contribution in [0.1, 0.15) is 5.56 Å². The highest BCUT2D eigenvalue weighted by Gasteiger charge is 2.07.